The molecule has 248 valence electrons. The number of benzene rings is 4. The first-order valence-electron chi connectivity index (χ1n) is 17.0. The molecule has 0 bridgehead atoms. The first-order chi connectivity index (χ1) is 22.9. The molecule has 0 unspecified atom stereocenters. The second-order valence-electron chi connectivity index (χ2n) is 12.0. The number of aromatic hydroxyl groups is 2. The fourth-order valence-corrected chi connectivity index (χ4v) is 5.94. The fourth-order valence-electron chi connectivity index (χ4n) is 5.94. The number of carbonyl (C=O) groups is 2. The Labute approximate surface area is 279 Å². The highest BCUT2D eigenvalue weighted by Crippen LogP contribution is 2.33. The van der Waals surface area contributed by atoms with Gasteiger partial charge < -0.3 is 19.7 Å². The monoisotopic (exact) mass is 636 g/mol. The summed E-state index contributed by atoms with van der Waals surface area (Å²) in [6, 6.07) is 27.1. The number of hydrogen-bond acceptors (Lipinski definition) is 6. The molecule has 0 saturated carbocycles. The van der Waals surface area contributed by atoms with Crippen molar-refractivity contribution in [3.63, 3.8) is 0 Å². The number of aryl methyl sites for hydroxylation is 2. The zero-order valence-electron chi connectivity index (χ0n) is 27.8. The third kappa shape index (κ3) is 11.3. The van der Waals surface area contributed by atoms with E-state index in [2.05, 4.69) is 12.1 Å². The van der Waals surface area contributed by atoms with E-state index in [1.165, 1.54) is 43.2 Å². The molecule has 0 saturated heterocycles. The summed E-state index contributed by atoms with van der Waals surface area (Å²) in [6.07, 6.45) is 10.5. The minimum atomic E-state index is -0.248. The van der Waals surface area contributed by atoms with Crippen LogP contribution in [0.3, 0.4) is 0 Å². The SMILES string of the molecule is CCOC(=O)Cc1cccc(-c2cc(CCCCCCCCCc3ccc(O)c(-c4cccc(CC(=O)OCC)c4)c3)ccc2O)c1. The highest BCUT2D eigenvalue weighted by atomic mass is 16.5. The first-order valence-corrected chi connectivity index (χ1v) is 17.0. The van der Waals surface area contributed by atoms with Crippen LogP contribution < -0.4 is 0 Å². The van der Waals surface area contributed by atoms with Crippen molar-refractivity contribution in [1.29, 1.82) is 0 Å². The van der Waals surface area contributed by atoms with E-state index in [1.807, 2.05) is 60.7 Å². The van der Waals surface area contributed by atoms with Gasteiger partial charge in [0.2, 0.25) is 0 Å². The quantitative estimate of drug-likeness (QED) is 0.0836. The summed E-state index contributed by atoms with van der Waals surface area (Å²) in [6.45, 7) is 4.33. The van der Waals surface area contributed by atoms with E-state index < -0.39 is 0 Å². The van der Waals surface area contributed by atoms with Gasteiger partial charge in [-0.25, -0.2) is 0 Å². The molecule has 0 aliphatic carbocycles. The lowest BCUT2D eigenvalue weighted by Crippen LogP contribution is -2.07. The maximum Gasteiger partial charge on any atom is 0.310 e. The van der Waals surface area contributed by atoms with Gasteiger partial charge in [-0.1, -0.05) is 92.8 Å². The molecule has 4 rings (SSSR count). The minimum Gasteiger partial charge on any atom is -0.507 e. The van der Waals surface area contributed by atoms with Gasteiger partial charge in [0.1, 0.15) is 11.5 Å². The van der Waals surface area contributed by atoms with Crippen molar-refractivity contribution in [2.75, 3.05) is 13.2 Å². The zero-order chi connectivity index (χ0) is 33.4. The molecule has 0 heterocycles. The van der Waals surface area contributed by atoms with Crippen LogP contribution in [0.25, 0.3) is 22.3 Å². The summed E-state index contributed by atoms with van der Waals surface area (Å²) in [5.41, 5.74) is 7.51. The molecule has 0 aromatic heterocycles. The molecule has 0 atom stereocenters. The second-order valence-corrected chi connectivity index (χ2v) is 12.0. The predicted octanol–water partition coefficient (Wildman–Crippen LogP) is 9.16. The summed E-state index contributed by atoms with van der Waals surface area (Å²) < 4.78 is 10.2. The lowest BCUT2D eigenvalue weighted by Gasteiger charge is -2.10. The van der Waals surface area contributed by atoms with Gasteiger partial charge in [0.05, 0.1) is 26.1 Å². The van der Waals surface area contributed by atoms with E-state index in [1.54, 1.807) is 26.0 Å². The molecule has 0 fully saturated rings. The van der Waals surface area contributed by atoms with E-state index in [4.69, 9.17) is 9.47 Å². The van der Waals surface area contributed by atoms with Crippen molar-refractivity contribution in [2.24, 2.45) is 0 Å². The van der Waals surface area contributed by atoms with Gasteiger partial charge in [-0.05, 0) is 97.2 Å². The molecule has 2 N–H and O–H groups in total. The fraction of sp³-hybridized carbons (Fsp3) is 0.366. The summed E-state index contributed by atoms with van der Waals surface area (Å²) in [5, 5.41) is 21.1. The number of esters is 2. The minimum absolute atomic E-state index is 0.218. The molecule has 0 aliphatic heterocycles. The molecule has 0 radical (unpaired) electrons. The third-order valence-electron chi connectivity index (χ3n) is 8.34. The van der Waals surface area contributed by atoms with E-state index in [9.17, 15) is 19.8 Å². The van der Waals surface area contributed by atoms with E-state index >= 15 is 0 Å². The Bertz CT molecular complexity index is 1490. The number of ether oxygens (including phenoxy) is 2. The number of phenols is 2. The number of rotatable bonds is 18. The summed E-state index contributed by atoms with van der Waals surface area (Å²) in [4.78, 5) is 23.8. The van der Waals surface area contributed by atoms with E-state index in [0.29, 0.717) is 13.2 Å². The molecule has 0 spiro atoms. The maximum atomic E-state index is 11.9. The van der Waals surface area contributed by atoms with Gasteiger partial charge in [0, 0.05) is 11.1 Å². The lowest BCUT2D eigenvalue weighted by atomic mass is 9.96. The average molecular weight is 637 g/mol. The zero-order valence-corrected chi connectivity index (χ0v) is 27.8. The van der Waals surface area contributed by atoms with Crippen molar-refractivity contribution in [1.82, 2.24) is 0 Å². The van der Waals surface area contributed by atoms with Crippen LogP contribution in [0, 0.1) is 0 Å². The number of hydrogen-bond donors (Lipinski definition) is 2. The molecular formula is C41H48O6. The lowest BCUT2D eigenvalue weighted by molar-refractivity contribution is -0.143. The van der Waals surface area contributed by atoms with Crippen LogP contribution in [0.1, 0.15) is 81.0 Å². The van der Waals surface area contributed by atoms with E-state index in [0.717, 1.165) is 59.1 Å². The van der Waals surface area contributed by atoms with Gasteiger partial charge in [-0.15, -0.1) is 0 Å². The largest absolute Gasteiger partial charge is 0.507 e. The van der Waals surface area contributed by atoms with Crippen LogP contribution in [0.15, 0.2) is 84.9 Å². The Morgan fingerprint density at radius 3 is 1.32 bits per heavy atom. The highest BCUT2D eigenvalue weighted by molar-refractivity contribution is 5.76. The van der Waals surface area contributed by atoms with Crippen LogP contribution in [0.2, 0.25) is 0 Å². The Kier molecular flexibility index (Phi) is 13.9. The molecule has 4 aromatic rings. The third-order valence-corrected chi connectivity index (χ3v) is 8.34. The van der Waals surface area contributed by atoms with Crippen LogP contribution >= 0.6 is 0 Å². The normalized spacial score (nSPS) is 10.9. The van der Waals surface area contributed by atoms with Crippen molar-refractivity contribution in [3.05, 3.63) is 107 Å². The Hall–Kier alpha value is -4.58. The van der Waals surface area contributed by atoms with Gasteiger partial charge in [0.25, 0.3) is 0 Å². The van der Waals surface area contributed by atoms with Gasteiger partial charge in [0.15, 0.2) is 0 Å². The Morgan fingerprint density at radius 2 is 0.915 bits per heavy atom. The molecule has 0 amide bonds. The topological polar surface area (TPSA) is 93.1 Å². The Balaban J connectivity index is 1.17. The first kappa shape index (κ1) is 35.3. The standard InChI is InChI=1S/C41H48O6/c1-3-46-40(44)28-32-16-12-18-34(24-32)36-26-30(20-22-38(36)42)14-10-8-6-5-7-9-11-15-31-21-23-39(43)37(27-31)35-19-13-17-33(25-35)29-41(45)47-4-2/h12-13,16-27,42-43H,3-11,14-15,28-29H2,1-2H3. The van der Waals surface area contributed by atoms with Crippen molar-refractivity contribution >= 4 is 11.9 Å². The summed E-state index contributed by atoms with van der Waals surface area (Å²) in [5.74, 6) is -0.0139. The van der Waals surface area contributed by atoms with Gasteiger partial charge in [-0.2, -0.15) is 0 Å². The van der Waals surface area contributed by atoms with Gasteiger partial charge >= 0.3 is 11.9 Å². The van der Waals surface area contributed by atoms with Crippen molar-refractivity contribution in [3.8, 4) is 33.8 Å². The molecule has 47 heavy (non-hydrogen) atoms. The van der Waals surface area contributed by atoms with Crippen LogP contribution in [0.5, 0.6) is 11.5 Å². The van der Waals surface area contributed by atoms with Crippen molar-refractivity contribution < 1.29 is 29.3 Å². The maximum absolute atomic E-state index is 11.9. The average Bonchev–Trinajstić information content (AvgIpc) is 3.06. The highest BCUT2D eigenvalue weighted by Gasteiger charge is 2.11. The van der Waals surface area contributed by atoms with Crippen molar-refractivity contribution in [2.45, 2.75) is 84.5 Å². The Morgan fingerprint density at radius 1 is 0.511 bits per heavy atom. The summed E-state index contributed by atoms with van der Waals surface area (Å²) >= 11 is 0. The molecule has 4 aromatic carbocycles. The number of carbonyl (C=O) groups excluding carboxylic acids is 2. The van der Waals surface area contributed by atoms with Crippen LogP contribution in [-0.2, 0) is 44.7 Å². The van der Waals surface area contributed by atoms with E-state index in [-0.39, 0.29) is 36.3 Å². The second kappa shape index (κ2) is 18.5. The molecular weight excluding hydrogens is 588 g/mol. The molecule has 6 nitrogen and oxygen atoms in total. The summed E-state index contributed by atoms with van der Waals surface area (Å²) in [7, 11) is 0. The van der Waals surface area contributed by atoms with Crippen LogP contribution in [-0.4, -0.2) is 35.4 Å². The van der Waals surface area contributed by atoms with Gasteiger partial charge in [-0.3, -0.25) is 9.59 Å². The van der Waals surface area contributed by atoms with Crippen LogP contribution in [0.4, 0.5) is 0 Å². The molecule has 0 aliphatic rings. The molecule has 6 heteroatoms. The number of phenolic OH excluding ortho intramolecular Hbond substituents is 2. The smallest absolute Gasteiger partial charge is 0.310 e. The number of unbranched alkanes of at least 4 members (excludes halogenated alkanes) is 6. The predicted molar refractivity (Wildman–Crippen MR) is 187 cm³/mol.